The smallest absolute Gasteiger partial charge is 0.390 e. The van der Waals surface area contributed by atoms with Crippen LogP contribution in [-0.2, 0) is 0 Å². The molecule has 1 aromatic heterocycles. The molecule has 0 aliphatic heterocycles. The summed E-state index contributed by atoms with van der Waals surface area (Å²) >= 11 is 0.00185. The van der Waals surface area contributed by atoms with Crippen molar-refractivity contribution in [3.63, 3.8) is 0 Å². The van der Waals surface area contributed by atoms with E-state index in [0.29, 0.717) is 4.78 Å². The molecule has 27 heavy (non-hydrogen) atoms. The van der Waals surface area contributed by atoms with E-state index in [2.05, 4.69) is 101 Å². The van der Waals surface area contributed by atoms with Crippen molar-refractivity contribution in [1.29, 1.82) is 0 Å². The Balaban J connectivity index is 1.60. The van der Waals surface area contributed by atoms with Gasteiger partial charge in [0.1, 0.15) is 0 Å². The zero-order chi connectivity index (χ0) is 17.8. The molecule has 125 valence electrons. The summed E-state index contributed by atoms with van der Waals surface area (Å²) in [6.07, 6.45) is 0. The fourth-order valence-corrected chi connectivity index (χ4v) is 6.59. The molecular weight excluding hydrogens is 341 g/mol. The first-order valence-corrected chi connectivity index (χ1v) is 10.6. The number of fused-ring (bicyclic) bond motifs is 6. The summed E-state index contributed by atoms with van der Waals surface area (Å²) in [5.41, 5.74) is 8.50. The highest BCUT2D eigenvalue weighted by Gasteiger charge is 2.30. The van der Waals surface area contributed by atoms with Gasteiger partial charge in [-0.1, -0.05) is 84.9 Å². The molecular formula is C25H17AlN. The number of aromatic nitrogens is 1. The lowest BCUT2D eigenvalue weighted by Crippen LogP contribution is -2.16. The molecule has 1 aliphatic carbocycles. The Morgan fingerprint density at radius 3 is 1.52 bits per heavy atom. The van der Waals surface area contributed by atoms with Crippen molar-refractivity contribution in [2.75, 3.05) is 0 Å². The fraction of sp³-hybridized carbons (Fsp3) is 0.0400. The topological polar surface area (TPSA) is 4.93 Å². The summed E-state index contributed by atoms with van der Waals surface area (Å²) in [5, 5.41) is 2.72. The van der Waals surface area contributed by atoms with Crippen molar-refractivity contribution in [2.45, 2.75) is 4.78 Å². The monoisotopic (exact) mass is 358 g/mol. The quantitative estimate of drug-likeness (QED) is 0.340. The lowest BCUT2D eigenvalue weighted by atomic mass is 10.1. The fourth-order valence-electron chi connectivity index (χ4n) is 4.62. The van der Waals surface area contributed by atoms with Crippen LogP contribution in [0.4, 0.5) is 0 Å². The molecule has 0 unspecified atom stereocenters. The van der Waals surface area contributed by atoms with Gasteiger partial charge in [0.05, 0.1) is 0 Å². The molecule has 0 bridgehead atoms. The van der Waals surface area contributed by atoms with Gasteiger partial charge in [0.25, 0.3) is 0 Å². The lowest BCUT2D eigenvalue weighted by Gasteiger charge is -2.15. The molecule has 0 N–H and O–H groups in total. The van der Waals surface area contributed by atoms with E-state index in [9.17, 15) is 0 Å². The van der Waals surface area contributed by atoms with Gasteiger partial charge in [-0.2, -0.15) is 0 Å². The van der Waals surface area contributed by atoms with Crippen molar-refractivity contribution in [1.82, 2.24) is 3.55 Å². The Hall–Kier alpha value is -2.79. The Kier molecular flexibility index (Phi) is 3.32. The Bertz CT molecular complexity index is 1220. The third-order valence-corrected chi connectivity index (χ3v) is 7.67. The molecule has 0 fully saturated rings. The van der Waals surface area contributed by atoms with Crippen molar-refractivity contribution in [3.8, 4) is 11.1 Å². The second-order valence-electron chi connectivity index (χ2n) is 7.21. The Morgan fingerprint density at radius 2 is 0.963 bits per heavy atom. The minimum atomic E-state index is 0.00185. The van der Waals surface area contributed by atoms with E-state index in [1.807, 2.05) is 0 Å². The molecule has 1 heterocycles. The second-order valence-corrected chi connectivity index (χ2v) is 8.69. The normalized spacial score (nSPS) is 13.0. The van der Waals surface area contributed by atoms with Gasteiger partial charge in [-0.3, -0.25) is 0 Å². The molecule has 2 heteroatoms. The van der Waals surface area contributed by atoms with Gasteiger partial charge in [-0.15, -0.1) is 0 Å². The molecule has 0 saturated carbocycles. The number of benzene rings is 4. The number of para-hydroxylation sites is 2. The van der Waals surface area contributed by atoms with Gasteiger partial charge in [0, 0.05) is 21.8 Å². The van der Waals surface area contributed by atoms with E-state index in [1.165, 1.54) is 44.1 Å². The van der Waals surface area contributed by atoms with Crippen LogP contribution in [0, 0.1) is 0 Å². The molecule has 1 radical (unpaired) electrons. The molecule has 1 nitrogen and oxygen atoms in total. The lowest BCUT2D eigenvalue weighted by molar-refractivity contribution is 1.13. The van der Waals surface area contributed by atoms with E-state index < -0.39 is 0 Å². The van der Waals surface area contributed by atoms with Crippen LogP contribution >= 0.6 is 0 Å². The van der Waals surface area contributed by atoms with Crippen LogP contribution in [0.2, 0.25) is 0 Å². The van der Waals surface area contributed by atoms with Crippen LogP contribution in [0.15, 0.2) is 97.1 Å². The standard InChI is InChI=1S/C13H9.C12H8N.Al/c1-3-7-12-10(5-1)9-11-6-2-4-8-13(11)12;1-3-7-11-9(5-1)10-6-2-4-8-12(10)13-11;/h1-9H;1-8H;/q;-1;+1. The molecule has 0 atom stereocenters. The largest absolute Gasteiger partial charge is 0.440 e. The molecule has 0 spiro atoms. The number of hydrogen-bond donors (Lipinski definition) is 0. The maximum atomic E-state index is 2.59. The van der Waals surface area contributed by atoms with Gasteiger partial charge >= 0.3 is 15.4 Å². The minimum Gasteiger partial charge on any atom is -0.440 e. The summed E-state index contributed by atoms with van der Waals surface area (Å²) in [4.78, 5) is 0. The van der Waals surface area contributed by atoms with Crippen molar-refractivity contribution < 1.29 is 0 Å². The first kappa shape index (κ1) is 15.3. The number of rotatable bonds is 2. The van der Waals surface area contributed by atoms with Crippen LogP contribution in [0.25, 0.3) is 32.9 Å². The van der Waals surface area contributed by atoms with Gasteiger partial charge in [0.15, 0.2) is 0 Å². The zero-order valence-electron chi connectivity index (χ0n) is 14.8. The van der Waals surface area contributed by atoms with Crippen molar-refractivity contribution in [2.24, 2.45) is 0 Å². The SMILES string of the molecule is c1ccc2c(c1)-c1ccccc1[CH]2[Al][n]1c2ccccc2c2ccccc21. The third kappa shape index (κ3) is 2.18. The first-order chi connectivity index (χ1) is 13.4. The van der Waals surface area contributed by atoms with E-state index in [1.54, 1.807) is 0 Å². The van der Waals surface area contributed by atoms with Crippen LogP contribution in [0.3, 0.4) is 0 Å². The molecule has 5 aromatic rings. The van der Waals surface area contributed by atoms with Crippen molar-refractivity contribution >= 4 is 37.2 Å². The first-order valence-electron chi connectivity index (χ1n) is 9.43. The average molecular weight is 358 g/mol. The summed E-state index contributed by atoms with van der Waals surface area (Å²) in [5.74, 6) is 0. The van der Waals surface area contributed by atoms with Gasteiger partial charge in [-0.25, -0.2) is 0 Å². The Morgan fingerprint density at radius 1 is 0.519 bits per heavy atom. The van der Waals surface area contributed by atoms with Gasteiger partial charge < -0.3 is 3.55 Å². The molecule has 1 aliphatic rings. The summed E-state index contributed by atoms with van der Waals surface area (Å²) < 4.78 is 3.06. The highest BCUT2D eigenvalue weighted by molar-refractivity contribution is 6.43. The minimum absolute atomic E-state index is 0.00185. The van der Waals surface area contributed by atoms with Gasteiger partial charge in [-0.05, 0) is 39.2 Å². The van der Waals surface area contributed by atoms with Crippen LogP contribution in [-0.4, -0.2) is 19.0 Å². The van der Waals surface area contributed by atoms with Gasteiger partial charge in [0.2, 0.25) is 0 Å². The van der Waals surface area contributed by atoms with E-state index in [0.717, 1.165) is 0 Å². The van der Waals surface area contributed by atoms with Crippen LogP contribution in [0.1, 0.15) is 15.9 Å². The second kappa shape index (κ2) is 5.86. The molecule has 0 saturated heterocycles. The predicted octanol–water partition coefficient (Wildman–Crippen LogP) is 6.03. The summed E-state index contributed by atoms with van der Waals surface area (Å²) in [7, 11) is 0. The van der Waals surface area contributed by atoms with Crippen molar-refractivity contribution in [3.05, 3.63) is 108 Å². The summed E-state index contributed by atoms with van der Waals surface area (Å²) in [6, 6.07) is 35.6. The molecule has 6 rings (SSSR count). The van der Waals surface area contributed by atoms with E-state index in [4.69, 9.17) is 0 Å². The molecule has 0 amide bonds. The average Bonchev–Trinajstić information content (AvgIpc) is 3.23. The Labute approximate surface area is 164 Å². The van der Waals surface area contributed by atoms with E-state index >= 15 is 0 Å². The third-order valence-electron chi connectivity index (χ3n) is 5.80. The van der Waals surface area contributed by atoms with Crippen LogP contribution < -0.4 is 0 Å². The highest BCUT2D eigenvalue weighted by atomic mass is 27.1. The maximum Gasteiger partial charge on any atom is 0.390 e. The number of nitrogens with zero attached hydrogens (tertiary/aromatic N) is 1. The van der Waals surface area contributed by atoms with E-state index in [-0.39, 0.29) is 15.4 Å². The highest BCUT2D eigenvalue weighted by Crippen LogP contribution is 2.44. The predicted molar refractivity (Wildman–Crippen MR) is 114 cm³/mol. The van der Waals surface area contributed by atoms with Crippen LogP contribution in [0.5, 0.6) is 0 Å². The maximum absolute atomic E-state index is 2.59. The molecule has 4 aromatic carbocycles. The zero-order valence-corrected chi connectivity index (χ0v) is 16.0. The number of hydrogen-bond acceptors (Lipinski definition) is 0. The summed E-state index contributed by atoms with van der Waals surface area (Å²) in [6.45, 7) is 0.